The fourth-order valence-electron chi connectivity index (χ4n) is 4.25. The molecule has 0 saturated heterocycles. The Balaban J connectivity index is 1.87. The first-order chi connectivity index (χ1) is 16.9. The maximum Gasteiger partial charge on any atom is 0.108 e. The van der Waals surface area contributed by atoms with E-state index in [4.69, 9.17) is 5.11 Å². The highest BCUT2D eigenvalue weighted by molar-refractivity contribution is 8.01. The summed E-state index contributed by atoms with van der Waals surface area (Å²) < 4.78 is 5.06. The Labute approximate surface area is 213 Å². The summed E-state index contributed by atoms with van der Waals surface area (Å²) in [5.41, 5.74) is 5.29. The molecule has 7 heteroatoms. The summed E-state index contributed by atoms with van der Waals surface area (Å²) in [5.74, 6) is 0. The SMILES string of the molecule is CCCN(CCC)c1ccc2cc(-c3ccc(/C(C)=C(\C#N)SNCC(O)CO)n3C)ccc2c1. The zero-order chi connectivity index (χ0) is 25.4. The molecule has 0 aliphatic carbocycles. The average molecular weight is 493 g/mol. The van der Waals surface area contributed by atoms with Crippen LogP contribution in [0, 0.1) is 11.3 Å². The molecule has 0 bridgehead atoms. The van der Waals surface area contributed by atoms with Gasteiger partial charge in [-0.2, -0.15) is 5.26 Å². The molecular formula is C28H36N4O2S. The summed E-state index contributed by atoms with van der Waals surface area (Å²) in [6.07, 6.45) is 1.41. The van der Waals surface area contributed by atoms with Crippen LogP contribution in [0.4, 0.5) is 5.69 Å². The first-order valence-electron chi connectivity index (χ1n) is 12.2. The van der Waals surface area contributed by atoms with Gasteiger partial charge in [0.2, 0.25) is 0 Å². The van der Waals surface area contributed by atoms with E-state index in [0.29, 0.717) is 4.91 Å². The Morgan fingerprint density at radius 1 is 1.09 bits per heavy atom. The Kier molecular flexibility index (Phi) is 9.82. The number of hydrogen-bond acceptors (Lipinski definition) is 6. The lowest BCUT2D eigenvalue weighted by molar-refractivity contribution is 0.0994. The van der Waals surface area contributed by atoms with Gasteiger partial charge in [-0.05, 0) is 84.0 Å². The number of nitrogens with zero attached hydrogens (tertiary/aromatic N) is 3. The van der Waals surface area contributed by atoms with E-state index in [9.17, 15) is 10.4 Å². The molecule has 186 valence electrons. The number of nitrogens with one attached hydrogen (secondary N) is 1. The van der Waals surface area contributed by atoms with Gasteiger partial charge in [-0.15, -0.1) is 0 Å². The van der Waals surface area contributed by atoms with Gasteiger partial charge in [0.15, 0.2) is 0 Å². The number of allylic oxidation sites excluding steroid dienone is 2. The summed E-state index contributed by atoms with van der Waals surface area (Å²) in [6.45, 7) is 8.38. The van der Waals surface area contributed by atoms with Gasteiger partial charge in [-0.3, -0.25) is 4.72 Å². The van der Waals surface area contributed by atoms with Gasteiger partial charge in [0.05, 0.1) is 12.7 Å². The molecule has 3 aromatic rings. The lowest BCUT2D eigenvalue weighted by Crippen LogP contribution is -2.25. The van der Waals surface area contributed by atoms with Gasteiger partial charge in [-0.1, -0.05) is 32.0 Å². The smallest absolute Gasteiger partial charge is 0.108 e. The molecule has 0 saturated carbocycles. The van der Waals surface area contributed by atoms with Crippen molar-refractivity contribution in [1.82, 2.24) is 9.29 Å². The number of aliphatic hydroxyl groups excluding tert-OH is 2. The molecule has 1 atom stereocenters. The molecule has 3 rings (SSSR count). The third-order valence-electron chi connectivity index (χ3n) is 6.12. The van der Waals surface area contributed by atoms with Crippen LogP contribution in [-0.4, -0.2) is 47.1 Å². The maximum atomic E-state index is 9.65. The number of hydrogen-bond donors (Lipinski definition) is 3. The number of aliphatic hydroxyl groups is 2. The van der Waals surface area contributed by atoms with Crippen LogP contribution in [0.1, 0.15) is 39.3 Å². The van der Waals surface area contributed by atoms with Crippen LogP contribution in [0.5, 0.6) is 0 Å². The monoisotopic (exact) mass is 492 g/mol. The van der Waals surface area contributed by atoms with E-state index < -0.39 is 6.10 Å². The van der Waals surface area contributed by atoms with Crippen molar-refractivity contribution in [2.24, 2.45) is 7.05 Å². The van der Waals surface area contributed by atoms with Gasteiger partial charge in [0.1, 0.15) is 11.0 Å². The van der Waals surface area contributed by atoms with Gasteiger partial charge in [0, 0.05) is 43.8 Å². The summed E-state index contributed by atoms with van der Waals surface area (Å²) in [4.78, 5) is 2.98. The highest BCUT2D eigenvalue weighted by Crippen LogP contribution is 2.32. The van der Waals surface area contributed by atoms with E-state index in [1.165, 1.54) is 28.4 Å². The Morgan fingerprint density at radius 3 is 2.43 bits per heavy atom. The van der Waals surface area contributed by atoms with Crippen molar-refractivity contribution in [1.29, 1.82) is 5.26 Å². The van der Waals surface area contributed by atoms with Crippen molar-refractivity contribution in [2.75, 3.05) is 31.1 Å². The summed E-state index contributed by atoms with van der Waals surface area (Å²) >= 11 is 1.17. The van der Waals surface area contributed by atoms with E-state index in [1.54, 1.807) is 0 Å². The van der Waals surface area contributed by atoms with Crippen molar-refractivity contribution in [3.8, 4) is 17.3 Å². The maximum absolute atomic E-state index is 9.65. The van der Waals surface area contributed by atoms with Crippen LogP contribution in [0.2, 0.25) is 0 Å². The van der Waals surface area contributed by atoms with Crippen molar-refractivity contribution in [3.63, 3.8) is 0 Å². The molecule has 1 heterocycles. The number of fused-ring (bicyclic) bond motifs is 1. The van der Waals surface area contributed by atoms with Crippen molar-refractivity contribution < 1.29 is 10.2 Å². The van der Waals surface area contributed by atoms with E-state index in [1.807, 2.05) is 20.0 Å². The molecule has 0 radical (unpaired) electrons. The lowest BCUT2D eigenvalue weighted by Gasteiger charge is -2.24. The number of aromatic nitrogens is 1. The van der Waals surface area contributed by atoms with Gasteiger partial charge in [-0.25, -0.2) is 0 Å². The fraction of sp³-hybridized carbons (Fsp3) is 0.393. The molecule has 3 N–H and O–H groups in total. The molecule has 0 spiro atoms. The van der Waals surface area contributed by atoms with Crippen LogP contribution >= 0.6 is 11.9 Å². The predicted octanol–water partition coefficient (Wildman–Crippen LogP) is 5.32. The van der Waals surface area contributed by atoms with Crippen LogP contribution in [0.15, 0.2) is 53.4 Å². The van der Waals surface area contributed by atoms with Crippen molar-refractivity contribution in [3.05, 3.63) is 59.1 Å². The molecule has 1 aromatic heterocycles. The van der Waals surface area contributed by atoms with Crippen molar-refractivity contribution >= 4 is 34.0 Å². The molecule has 35 heavy (non-hydrogen) atoms. The number of rotatable bonds is 12. The molecule has 0 aliphatic heterocycles. The molecule has 0 amide bonds. The third-order valence-corrected chi connectivity index (χ3v) is 7.04. The van der Waals surface area contributed by atoms with Crippen LogP contribution in [0.25, 0.3) is 27.6 Å². The summed E-state index contributed by atoms with van der Waals surface area (Å²) in [5, 5.41) is 30.5. The first-order valence-corrected chi connectivity index (χ1v) is 13.0. The zero-order valence-electron chi connectivity index (χ0n) is 21.1. The largest absolute Gasteiger partial charge is 0.394 e. The van der Waals surface area contributed by atoms with E-state index in [-0.39, 0.29) is 13.2 Å². The Morgan fingerprint density at radius 2 is 1.77 bits per heavy atom. The minimum absolute atomic E-state index is 0.200. The van der Waals surface area contributed by atoms with Crippen LogP contribution < -0.4 is 9.62 Å². The van der Waals surface area contributed by atoms with E-state index >= 15 is 0 Å². The van der Waals surface area contributed by atoms with Crippen LogP contribution in [0.3, 0.4) is 0 Å². The first kappa shape index (κ1) is 26.8. The van der Waals surface area contributed by atoms with Gasteiger partial charge >= 0.3 is 0 Å². The number of anilines is 1. The number of nitriles is 1. The summed E-state index contributed by atoms with van der Waals surface area (Å²) in [6, 6.07) is 19.6. The average Bonchev–Trinajstić information content (AvgIpc) is 3.26. The highest BCUT2D eigenvalue weighted by atomic mass is 32.2. The van der Waals surface area contributed by atoms with E-state index in [2.05, 4.69) is 76.6 Å². The second kappa shape index (κ2) is 12.8. The zero-order valence-corrected chi connectivity index (χ0v) is 21.9. The number of benzene rings is 2. The third kappa shape index (κ3) is 6.47. The summed E-state index contributed by atoms with van der Waals surface area (Å²) in [7, 11) is 2.01. The minimum Gasteiger partial charge on any atom is -0.394 e. The Bertz CT molecular complexity index is 1210. The van der Waals surface area contributed by atoms with Crippen molar-refractivity contribution in [2.45, 2.75) is 39.7 Å². The molecule has 1 unspecified atom stereocenters. The molecular weight excluding hydrogens is 456 g/mol. The van der Waals surface area contributed by atoms with Gasteiger partial charge < -0.3 is 19.7 Å². The Hall–Kier alpha value is -2.76. The van der Waals surface area contributed by atoms with Gasteiger partial charge in [0.25, 0.3) is 0 Å². The lowest BCUT2D eigenvalue weighted by atomic mass is 10.0. The molecule has 2 aromatic carbocycles. The predicted molar refractivity (Wildman–Crippen MR) is 148 cm³/mol. The molecule has 6 nitrogen and oxygen atoms in total. The van der Waals surface area contributed by atoms with E-state index in [0.717, 1.165) is 48.5 Å². The second-order valence-electron chi connectivity index (χ2n) is 8.75. The standard InChI is InChI=1S/C28H36N4O2S/c1-5-13-32(14-6-2)24-10-9-21-15-23(8-7-22(21)16-24)27-12-11-26(31(27)4)20(3)28(17-29)35-30-18-25(34)19-33/h7-12,15-16,25,30,33-34H,5-6,13-14,18-19H2,1-4H3/b28-20+. The quantitative estimate of drug-likeness (QED) is 0.234. The topological polar surface area (TPSA) is 84.5 Å². The minimum atomic E-state index is -0.852. The highest BCUT2D eigenvalue weighted by Gasteiger charge is 2.14. The van der Waals surface area contributed by atoms with Crippen LogP contribution in [-0.2, 0) is 7.05 Å². The molecule has 0 aliphatic rings. The molecule has 0 fully saturated rings. The second-order valence-corrected chi connectivity index (χ2v) is 9.65. The fourth-order valence-corrected chi connectivity index (χ4v) is 4.97. The normalized spacial score (nSPS) is 12.9.